The number of pyridine rings is 1. The molecule has 0 atom stereocenters. The number of hydrogen-bond acceptors (Lipinski definition) is 5. The zero-order chi connectivity index (χ0) is 17.1. The molecule has 1 heterocycles. The smallest absolute Gasteiger partial charge is 0.199 e. The van der Waals surface area contributed by atoms with E-state index in [4.69, 9.17) is 5.73 Å². The zero-order valence-electron chi connectivity index (χ0n) is 13.1. The Morgan fingerprint density at radius 1 is 1.00 bits per heavy atom. The number of anilines is 1. The molecular formula is C18H18FN3O2. The molecule has 0 aliphatic heterocycles. The molecule has 0 amide bonds. The van der Waals surface area contributed by atoms with Gasteiger partial charge in [-0.05, 0) is 37.6 Å². The van der Waals surface area contributed by atoms with Crippen LogP contribution in [0, 0.1) is 5.82 Å². The van der Waals surface area contributed by atoms with E-state index in [1.807, 2.05) is 0 Å². The number of rotatable bonds is 6. The molecule has 6 heteroatoms. The third kappa shape index (κ3) is 2.80. The first kappa shape index (κ1) is 16.3. The largest absolute Gasteiger partial charge is 0.384 e. The van der Waals surface area contributed by atoms with Crippen LogP contribution >= 0.6 is 0 Å². The summed E-state index contributed by atoms with van der Waals surface area (Å²) < 4.78 is 14.2. The number of benzene rings is 1. The Morgan fingerprint density at radius 3 is 2.58 bits per heavy atom. The number of nitrogens with zero attached hydrogens (tertiary/aromatic N) is 1. The Bertz CT molecular complexity index is 805. The highest BCUT2D eigenvalue weighted by atomic mass is 19.1. The molecule has 24 heavy (non-hydrogen) atoms. The Labute approximate surface area is 139 Å². The minimum absolute atomic E-state index is 0.109. The summed E-state index contributed by atoms with van der Waals surface area (Å²) in [5, 5.41) is 3.14. The van der Waals surface area contributed by atoms with Gasteiger partial charge in [0.1, 0.15) is 5.82 Å². The number of unbranched alkanes of at least 4 members (excludes halogenated alkanes) is 2. The fourth-order valence-corrected chi connectivity index (χ4v) is 2.89. The van der Waals surface area contributed by atoms with Crippen molar-refractivity contribution in [3.8, 4) is 0 Å². The maximum absolute atomic E-state index is 14.2. The molecule has 1 aromatic heterocycles. The number of carbonyl (C=O) groups is 2. The first-order valence-electron chi connectivity index (χ1n) is 7.95. The van der Waals surface area contributed by atoms with Gasteiger partial charge in [0.15, 0.2) is 11.6 Å². The molecular weight excluding hydrogens is 309 g/mol. The van der Waals surface area contributed by atoms with Crippen molar-refractivity contribution in [3.63, 3.8) is 0 Å². The predicted molar refractivity (Wildman–Crippen MR) is 88.9 cm³/mol. The minimum atomic E-state index is -0.688. The topological polar surface area (TPSA) is 85.1 Å². The van der Waals surface area contributed by atoms with Crippen molar-refractivity contribution in [1.29, 1.82) is 0 Å². The lowest BCUT2D eigenvalue weighted by atomic mass is 9.84. The molecule has 1 aliphatic carbocycles. The van der Waals surface area contributed by atoms with E-state index in [9.17, 15) is 14.0 Å². The summed E-state index contributed by atoms with van der Waals surface area (Å²) in [4.78, 5) is 29.2. The molecule has 0 saturated carbocycles. The van der Waals surface area contributed by atoms with Crippen LogP contribution in [-0.4, -0.2) is 29.6 Å². The van der Waals surface area contributed by atoms with Crippen LogP contribution in [0.5, 0.6) is 0 Å². The van der Waals surface area contributed by atoms with Crippen molar-refractivity contribution in [3.05, 3.63) is 58.7 Å². The second kappa shape index (κ2) is 6.88. The van der Waals surface area contributed by atoms with E-state index in [0.717, 1.165) is 19.3 Å². The van der Waals surface area contributed by atoms with E-state index in [0.29, 0.717) is 18.8 Å². The van der Waals surface area contributed by atoms with Crippen molar-refractivity contribution in [2.45, 2.75) is 19.3 Å². The minimum Gasteiger partial charge on any atom is -0.384 e. The molecule has 3 N–H and O–H groups in total. The highest BCUT2D eigenvalue weighted by Crippen LogP contribution is 2.33. The van der Waals surface area contributed by atoms with E-state index in [1.54, 1.807) is 0 Å². The average Bonchev–Trinajstić information content (AvgIpc) is 2.60. The first-order valence-corrected chi connectivity index (χ1v) is 7.95. The molecule has 0 bridgehead atoms. The van der Waals surface area contributed by atoms with Crippen molar-refractivity contribution in [2.75, 3.05) is 18.4 Å². The van der Waals surface area contributed by atoms with Crippen LogP contribution in [0.15, 0.2) is 30.6 Å². The van der Waals surface area contributed by atoms with Gasteiger partial charge in [0.05, 0.1) is 16.7 Å². The standard InChI is InChI=1S/C18H18FN3O2/c19-13-4-5-14(22-8-3-1-2-7-20)16-15(13)18(24)12-10-21-9-6-11(12)17(16)23/h4-6,9-10,22H,1-3,7-8,20H2. The number of ketones is 2. The first-order chi connectivity index (χ1) is 11.6. The summed E-state index contributed by atoms with van der Waals surface area (Å²) in [6.07, 6.45) is 5.54. The molecule has 0 fully saturated rings. The second-order valence-corrected chi connectivity index (χ2v) is 5.70. The summed E-state index contributed by atoms with van der Waals surface area (Å²) in [7, 11) is 0. The van der Waals surface area contributed by atoms with E-state index < -0.39 is 11.6 Å². The normalized spacial score (nSPS) is 12.8. The number of halogens is 1. The maximum atomic E-state index is 14.2. The van der Waals surface area contributed by atoms with Crippen LogP contribution < -0.4 is 11.1 Å². The zero-order valence-corrected chi connectivity index (χ0v) is 13.1. The quantitative estimate of drug-likeness (QED) is 0.680. The molecule has 2 aromatic rings. The van der Waals surface area contributed by atoms with Crippen molar-refractivity contribution < 1.29 is 14.0 Å². The number of nitrogens with two attached hydrogens (primary N) is 1. The van der Waals surface area contributed by atoms with Gasteiger partial charge in [-0.3, -0.25) is 14.6 Å². The lowest BCUT2D eigenvalue weighted by molar-refractivity contribution is 0.0976. The SMILES string of the molecule is NCCCCCNc1ccc(F)c2c1C(=O)c1ccncc1C2=O. The van der Waals surface area contributed by atoms with Crippen molar-refractivity contribution in [1.82, 2.24) is 4.98 Å². The van der Waals surface area contributed by atoms with Crippen molar-refractivity contribution >= 4 is 17.3 Å². The lowest BCUT2D eigenvalue weighted by Crippen LogP contribution is -2.24. The van der Waals surface area contributed by atoms with Gasteiger partial charge in [-0.15, -0.1) is 0 Å². The molecule has 0 unspecified atom stereocenters. The van der Waals surface area contributed by atoms with Gasteiger partial charge in [0, 0.05) is 30.2 Å². The molecule has 3 rings (SSSR count). The molecule has 1 aromatic carbocycles. The van der Waals surface area contributed by atoms with E-state index in [1.165, 1.54) is 30.6 Å². The Balaban J connectivity index is 1.95. The van der Waals surface area contributed by atoms with Gasteiger partial charge >= 0.3 is 0 Å². The number of carbonyl (C=O) groups excluding carboxylic acids is 2. The molecule has 1 aliphatic rings. The van der Waals surface area contributed by atoms with Crippen LogP contribution in [0.1, 0.15) is 51.1 Å². The van der Waals surface area contributed by atoms with Gasteiger partial charge in [0.25, 0.3) is 0 Å². The van der Waals surface area contributed by atoms with Gasteiger partial charge in [0.2, 0.25) is 0 Å². The van der Waals surface area contributed by atoms with Gasteiger partial charge in [-0.25, -0.2) is 4.39 Å². The fourth-order valence-electron chi connectivity index (χ4n) is 2.89. The third-order valence-corrected chi connectivity index (χ3v) is 4.12. The second-order valence-electron chi connectivity index (χ2n) is 5.70. The fraction of sp³-hybridized carbons (Fsp3) is 0.278. The monoisotopic (exact) mass is 327 g/mol. The van der Waals surface area contributed by atoms with Crippen LogP contribution in [0.2, 0.25) is 0 Å². The summed E-state index contributed by atoms with van der Waals surface area (Å²) in [5.41, 5.74) is 6.29. The molecule has 5 nitrogen and oxygen atoms in total. The molecule has 0 radical (unpaired) electrons. The van der Waals surface area contributed by atoms with Gasteiger partial charge in [-0.1, -0.05) is 6.42 Å². The third-order valence-electron chi connectivity index (χ3n) is 4.12. The van der Waals surface area contributed by atoms with Crippen LogP contribution in [0.25, 0.3) is 0 Å². The average molecular weight is 327 g/mol. The van der Waals surface area contributed by atoms with Crippen LogP contribution in [0.3, 0.4) is 0 Å². The van der Waals surface area contributed by atoms with Crippen LogP contribution in [0.4, 0.5) is 10.1 Å². The van der Waals surface area contributed by atoms with E-state index >= 15 is 0 Å². The highest BCUT2D eigenvalue weighted by molar-refractivity contribution is 6.30. The van der Waals surface area contributed by atoms with E-state index in [-0.39, 0.29) is 28.0 Å². The number of nitrogens with one attached hydrogen (secondary N) is 1. The summed E-state index contributed by atoms with van der Waals surface area (Å²) in [6, 6.07) is 4.22. The summed E-state index contributed by atoms with van der Waals surface area (Å²) in [6.45, 7) is 1.27. The molecule has 124 valence electrons. The number of fused-ring (bicyclic) bond motifs is 2. The van der Waals surface area contributed by atoms with Gasteiger partial charge in [-0.2, -0.15) is 0 Å². The number of hydrogen-bond donors (Lipinski definition) is 2. The summed E-state index contributed by atoms with van der Waals surface area (Å²) in [5.74, 6) is -1.55. The summed E-state index contributed by atoms with van der Waals surface area (Å²) >= 11 is 0. The Morgan fingerprint density at radius 2 is 1.79 bits per heavy atom. The molecule has 0 spiro atoms. The number of aromatic nitrogens is 1. The maximum Gasteiger partial charge on any atom is 0.199 e. The molecule has 0 saturated heterocycles. The van der Waals surface area contributed by atoms with Crippen LogP contribution in [-0.2, 0) is 0 Å². The Kier molecular flexibility index (Phi) is 4.66. The lowest BCUT2D eigenvalue weighted by Gasteiger charge is -2.21. The van der Waals surface area contributed by atoms with E-state index in [2.05, 4.69) is 10.3 Å². The van der Waals surface area contributed by atoms with Gasteiger partial charge < -0.3 is 11.1 Å². The highest BCUT2D eigenvalue weighted by Gasteiger charge is 2.34. The predicted octanol–water partition coefficient (Wildman–Crippen LogP) is 2.54. The van der Waals surface area contributed by atoms with Crippen molar-refractivity contribution in [2.24, 2.45) is 5.73 Å². The Hall–Kier alpha value is -2.60.